The van der Waals surface area contributed by atoms with E-state index in [1.54, 1.807) is 6.33 Å². The van der Waals surface area contributed by atoms with Crippen molar-refractivity contribution in [2.75, 3.05) is 31.1 Å². The minimum atomic E-state index is 0.0762. The summed E-state index contributed by atoms with van der Waals surface area (Å²) in [5.74, 6) is 2.49. The number of aromatic nitrogens is 4. The van der Waals surface area contributed by atoms with Crippen molar-refractivity contribution in [1.82, 2.24) is 24.4 Å². The van der Waals surface area contributed by atoms with E-state index in [2.05, 4.69) is 24.3 Å². The Morgan fingerprint density at radius 1 is 0.897 bits per heavy atom. The van der Waals surface area contributed by atoms with E-state index in [0.717, 1.165) is 87.6 Å². The third-order valence-electron chi connectivity index (χ3n) is 6.86. The molecule has 3 aliphatic heterocycles. The number of fused-ring (bicyclic) bond motifs is 3. The molecule has 2 fully saturated rings. The summed E-state index contributed by atoms with van der Waals surface area (Å²) in [6.07, 6.45) is 13.2. The minimum Gasteiger partial charge on any atom is -0.354 e. The summed E-state index contributed by atoms with van der Waals surface area (Å²) in [6.45, 7) is 4.56. The van der Waals surface area contributed by atoms with Gasteiger partial charge in [0.25, 0.3) is 0 Å². The number of aryl methyl sites for hydroxylation is 2. The topological polar surface area (TPSA) is 67.2 Å². The van der Waals surface area contributed by atoms with Crippen LogP contribution in [0.4, 0.5) is 5.82 Å². The highest BCUT2D eigenvalue weighted by Crippen LogP contribution is 2.30. The Morgan fingerprint density at radius 3 is 2.55 bits per heavy atom. The van der Waals surface area contributed by atoms with Crippen LogP contribution in [0.2, 0.25) is 0 Å². The van der Waals surface area contributed by atoms with E-state index >= 15 is 0 Å². The molecular formula is C22H32N6O. The van der Waals surface area contributed by atoms with Crippen LogP contribution >= 0.6 is 0 Å². The van der Waals surface area contributed by atoms with Crippen molar-refractivity contribution in [2.24, 2.45) is 5.92 Å². The van der Waals surface area contributed by atoms with E-state index in [4.69, 9.17) is 4.98 Å². The van der Waals surface area contributed by atoms with Gasteiger partial charge in [0.2, 0.25) is 5.91 Å². The van der Waals surface area contributed by atoms with Crippen molar-refractivity contribution in [3.63, 3.8) is 0 Å². The van der Waals surface area contributed by atoms with Crippen LogP contribution in [-0.2, 0) is 17.8 Å². The Balaban J connectivity index is 1.39. The maximum atomic E-state index is 13.2. The molecule has 0 spiro atoms. The van der Waals surface area contributed by atoms with Gasteiger partial charge in [0.1, 0.15) is 12.2 Å². The zero-order chi connectivity index (χ0) is 19.6. The Labute approximate surface area is 172 Å². The monoisotopic (exact) mass is 396 g/mol. The second kappa shape index (κ2) is 8.28. The lowest BCUT2D eigenvalue weighted by Gasteiger charge is -2.35. The summed E-state index contributed by atoms with van der Waals surface area (Å²) in [6, 6.07) is 0. The van der Waals surface area contributed by atoms with Crippen LogP contribution in [0.3, 0.4) is 0 Å². The smallest absolute Gasteiger partial charge is 0.227 e. The summed E-state index contributed by atoms with van der Waals surface area (Å²) in [5, 5.41) is 0. The Hall–Kier alpha value is -2.18. The van der Waals surface area contributed by atoms with E-state index in [-0.39, 0.29) is 5.92 Å². The highest BCUT2D eigenvalue weighted by atomic mass is 16.2. The number of amides is 1. The molecule has 5 heterocycles. The number of anilines is 1. The zero-order valence-corrected chi connectivity index (χ0v) is 17.4. The van der Waals surface area contributed by atoms with Crippen molar-refractivity contribution < 1.29 is 4.79 Å². The lowest BCUT2D eigenvalue weighted by molar-refractivity contribution is -0.135. The number of nitrogens with zero attached hydrogens (tertiary/aromatic N) is 6. The molecule has 7 heteroatoms. The number of hydrogen-bond acceptors (Lipinski definition) is 5. The molecule has 29 heavy (non-hydrogen) atoms. The normalized spacial score (nSPS) is 23.5. The predicted octanol–water partition coefficient (Wildman–Crippen LogP) is 3.17. The van der Waals surface area contributed by atoms with Crippen molar-refractivity contribution in [2.45, 2.75) is 70.8 Å². The van der Waals surface area contributed by atoms with Crippen LogP contribution in [0.5, 0.6) is 0 Å². The van der Waals surface area contributed by atoms with Gasteiger partial charge in [-0.15, -0.1) is 0 Å². The molecule has 2 saturated heterocycles. The van der Waals surface area contributed by atoms with Gasteiger partial charge < -0.3 is 14.4 Å². The first-order valence-electron chi connectivity index (χ1n) is 11.5. The minimum absolute atomic E-state index is 0.0762. The molecule has 3 aliphatic rings. The first-order valence-corrected chi connectivity index (χ1v) is 11.5. The van der Waals surface area contributed by atoms with E-state index in [9.17, 15) is 4.79 Å². The SMILES string of the molecule is O=C([C@@H]1CCCN(c2ncnc3c2nc2n3CCCCC2)C1)N1CCCCCC1. The fourth-order valence-corrected chi connectivity index (χ4v) is 5.28. The maximum absolute atomic E-state index is 13.2. The molecular weight excluding hydrogens is 364 g/mol. The van der Waals surface area contributed by atoms with Crippen LogP contribution < -0.4 is 4.90 Å². The van der Waals surface area contributed by atoms with Gasteiger partial charge in [-0.25, -0.2) is 15.0 Å². The summed E-state index contributed by atoms with van der Waals surface area (Å²) in [7, 11) is 0. The largest absolute Gasteiger partial charge is 0.354 e. The van der Waals surface area contributed by atoms with Gasteiger partial charge in [-0.1, -0.05) is 19.3 Å². The highest BCUT2D eigenvalue weighted by molar-refractivity contribution is 5.85. The molecule has 2 aromatic rings. The van der Waals surface area contributed by atoms with Crippen LogP contribution in [-0.4, -0.2) is 56.5 Å². The molecule has 0 radical (unpaired) electrons. The number of carbonyl (C=O) groups is 1. The molecule has 1 amide bonds. The fraction of sp³-hybridized carbons (Fsp3) is 0.727. The lowest BCUT2D eigenvalue weighted by Crippen LogP contribution is -2.45. The Bertz CT molecular complexity index is 870. The predicted molar refractivity (Wildman–Crippen MR) is 113 cm³/mol. The molecule has 156 valence electrons. The highest BCUT2D eigenvalue weighted by Gasteiger charge is 2.31. The van der Waals surface area contributed by atoms with Crippen LogP contribution in [0.1, 0.15) is 63.6 Å². The summed E-state index contributed by atoms with van der Waals surface area (Å²) < 4.78 is 2.29. The van der Waals surface area contributed by atoms with Crippen LogP contribution in [0, 0.1) is 5.92 Å². The third-order valence-corrected chi connectivity index (χ3v) is 6.86. The number of likely N-dealkylation sites (tertiary alicyclic amines) is 1. The lowest BCUT2D eigenvalue weighted by atomic mass is 9.96. The van der Waals surface area contributed by atoms with Crippen molar-refractivity contribution in [3.05, 3.63) is 12.2 Å². The van der Waals surface area contributed by atoms with Gasteiger partial charge in [-0.2, -0.15) is 0 Å². The molecule has 5 rings (SSSR count). The van der Waals surface area contributed by atoms with Crippen LogP contribution in [0.15, 0.2) is 6.33 Å². The van der Waals surface area contributed by atoms with Crippen LogP contribution in [0.25, 0.3) is 11.2 Å². The quantitative estimate of drug-likeness (QED) is 0.780. The fourth-order valence-electron chi connectivity index (χ4n) is 5.28. The first kappa shape index (κ1) is 18.8. The average Bonchev–Trinajstić information content (AvgIpc) is 2.97. The first-order chi connectivity index (χ1) is 14.3. The third kappa shape index (κ3) is 3.71. The maximum Gasteiger partial charge on any atom is 0.227 e. The molecule has 0 unspecified atom stereocenters. The van der Waals surface area contributed by atoms with E-state index in [1.165, 1.54) is 32.1 Å². The Morgan fingerprint density at radius 2 is 1.69 bits per heavy atom. The summed E-state index contributed by atoms with van der Waals surface area (Å²) in [4.78, 5) is 31.8. The molecule has 0 aromatic carbocycles. The van der Waals surface area contributed by atoms with Gasteiger partial charge in [-0.05, 0) is 38.5 Å². The molecule has 0 bridgehead atoms. The van der Waals surface area contributed by atoms with Gasteiger partial charge in [0.15, 0.2) is 17.0 Å². The Kier molecular flexibility index (Phi) is 5.38. The average molecular weight is 397 g/mol. The number of carbonyl (C=O) groups excluding carboxylic acids is 1. The van der Waals surface area contributed by atoms with E-state index in [1.807, 2.05) is 0 Å². The second-order valence-corrected chi connectivity index (χ2v) is 8.88. The molecule has 1 atom stereocenters. The van der Waals surface area contributed by atoms with Gasteiger partial charge in [-0.3, -0.25) is 4.79 Å². The van der Waals surface area contributed by atoms with Crippen molar-refractivity contribution >= 4 is 22.9 Å². The summed E-state index contributed by atoms with van der Waals surface area (Å²) in [5.41, 5.74) is 1.89. The number of piperidine rings is 1. The van der Waals surface area contributed by atoms with Gasteiger partial charge in [0.05, 0.1) is 5.92 Å². The molecule has 7 nitrogen and oxygen atoms in total. The van der Waals surface area contributed by atoms with Crippen molar-refractivity contribution in [3.8, 4) is 0 Å². The standard InChI is InChI=1S/C22H32N6O/c29-22(26-11-5-1-2-6-12-26)17-9-8-13-27(15-17)20-19-21(24-16-23-20)28-14-7-3-4-10-18(28)25-19/h16-17H,1-15H2/t17-/m1/s1. The van der Waals surface area contributed by atoms with E-state index < -0.39 is 0 Å². The van der Waals surface area contributed by atoms with Gasteiger partial charge >= 0.3 is 0 Å². The summed E-state index contributed by atoms with van der Waals surface area (Å²) >= 11 is 0. The number of hydrogen-bond donors (Lipinski definition) is 0. The van der Waals surface area contributed by atoms with E-state index in [0.29, 0.717) is 5.91 Å². The molecule has 0 saturated carbocycles. The second-order valence-electron chi connectivity index (χ2n) is 8.88. The van der Waals surface area contributed by atoms with Crippen molar-refractivity contribution in [1.29, 1.82) is 0 Å². The van der Waals surface area contributed by atoms with Gasteiger partial charge in [0, 0.05) is 39.1 Å². The molecule has 2 aromatic heterocycles. The number of imidazole rings is 1. The molecule has 0 N–H and O–H groups in total. The molecule has 0 aliphatic carbocycles. The number of rotatable bonds is 2. The zero-order valence-electron chi connectivity index (χ0n) is 17.4.